The molecule has 3 heteroatoms. The van der Waals surface area contributed by atoms with Crippen molar-refractivity contribution in [2.75, 3.05) is 11.4 Å². The molecule has 0 bridgehead atoms. The van der Waals surface area contributed by atoms with Crippen LogP contribution in [-0.4, -0.2) is 23.8 Å². The van der Waals surface area contributed by atoms with Crippen LogP contribution in [-0.2, 0) is 0 Å². The maximum atomic E-state index is 13.5. The Labute approximate surface area is 90.3 Å². The average Bonchev–Trinajstić information content (AvgIpc) is 2.21. The smallest absolute Gasteiger partial charge is 0.146 e. The number of benzene rings is 1. The van der Waals surface area contributed by atoms with E-state index in [1.165, 1.54) is 6.07 Å². The van der Waals surface area contributed by atoms with E-state index < -0.39 is 6.10 Å². The van der Waals surface area contributed by atoms with Crippen molar-refractivity contribution in [2.24, 2.45) is 0 Å². The second-order valence-electron chi connectivity index (χ2n) is 3.72. The third-order valence-electron chi connectivity index (χ3n) is 2.69. The molecule has 0 aliphatic heterocycles. The third-order valence-corrected chi connectivity index (χ3v) is 2.69. The highest BCUT2D eigenvalue weighted by molar-refractivity contribution is 5.48. The maximum absolute atomic E-state index is 13.5. The van der Waals surface area contributed by atoms with Gasteiger partial charge in [0.2, 0.25) is 0 Å². The molecule has 1 aromatic rings. The standard InChI is InChI=1S/C12H18FNO/c1-4-14(9(2)10(3)15)12-8-6-5-7-11(12)13/h5-10,15H,4H2,1-3H3. The lowest BCUT2D eigenvalue weighted by Gasteiger charge is -2.32. The highest BCUT2D eigenvalue weighted by atomic mass is 19.1. The predicted octanol–water partition coefficient (Wildman–Crippen LogP) is 2.42. The Hall–Kier alpha value is -1.09. The third kappa shape index (κ3) is 2.69. The van der Waals surface area contributed by atoms with Gasteiger partial charge in [-0.2, -0.15) is 0 Å². The molecule has 2 nitrogen and oxygen atoms in total. The van der Waals surface area contributed by atoms with Gasteiger partial charge in [0.15, 0.2) is 0 Å². The van der Waals surface area contributed by atoms with Crippen LogP contribution in [0.25, 0.3) is 0 Å². The van der Waals surface area contributed by atoms with Gasteiger partial charge in [0.25, 0.3) is 0 Å². The molecule has 0 spiro atoms. The fraction of sp³-hybridized carbons (Fsp3) is 0.500. The number of aliphatic hydroxyl groups excluding tert-OH is 1. The van der Waals surface area contributed by atoms with Crippen molar-refractivity contribution in [3.63, 3.8) is 0 Å². The molecule has 0 heterocycles. The largest absolute Gasteiger partial charge is 0.391 e. The number of likely N-dealkylation sites (N-methyl/N-ethyl adjacent to an activating group) is 1. The number of hydrogen-bond acceptors (Lipinski definition) is 2. The topological polar surface area (TPSA) is 23.5 Å². The molecular weight excluding hydrogens is 193 g/mol. The summed E-state index contributed by atoms with van der Waals surface area (Å²) in [5.41, 5.74) is 0.549. The highest BCUT2D eigenvalue weighted by Gasteiger charge is 2.19. The molecule has 15 heavy (non-hydrogen) atoms. The van der Waals surface area contributed by atoms with Crippen molar-refractivity contribution < 1.29 is 9.50 Å². The summed E-state index contributed by atoms with van der Waals surface area (Å²) in [4.78, 5) is 1.86. The Morgan fingerprint density at radius 3 is 2.40 bits per heavy atom. The molecule has 1 aromatic carbocycles. The first-order valence-electron chi connectivity index (χ1n) is 5.27. The summed E-state index contributed by atoms with van der Waals surface area (Å²) >= 11 is 0. The van der Waals surface area contributed by atoms with E-state index in [2.05, 4.69) is 0 Å². The van der Waals surface area contributed by atoms with Gasteiger partial charge in [-0.15, -0.1) is 0 Å². The minimum absolute atomic E-state index is 0.0908. The number of hydrogen-bond donors (Lipinski definition) is 1. The van der Waals surface area contributed by atoms with Crippen molar-refractivity contribution in [3.05, 3.63) is 30.1 Å². The number of halogens is 1. The summed E-state index contributed by atoms with van der Waals surface area (Å²) in [7, 11) is 0. The number of anilines is 1. The Morgan fingerprint density at radius 1 is 1.33 bits per heavy atom. The van der Waals surface area contributed by atoms with Crippen LogP contribution in [0.1, 0.15) is 20.8 Å². The Balaban J connectivity index is 2.97. The molecule has 0 aliphatic carbocycles. The molecule has 1 N–H and O–H groups in total. The van der Waals surface area contributed by atoms with E-state index in [-0.39, 0.29) is 11.9 Å². The molecule has 2 unspecified atom stereocenters. The van der Waals surface area contributed by atoms with E-state index in [4.69, 9.17) is 0 Å². The van der Waals surface area contributed by atoms with E-state index in [9.17, 15) is 9.50 Å². The number of para-hydroxylation sites is 1. The average molecular weight is 211 g/mol. The zero-order chi connectivity index (χ0) is 11.4. The Bertz CT molecular complexity index is 314. The monoisotopic (exact) mass is 211 g/mol. The van der Waals surface area contributed by atoms with Crippen LogP contribution in [0.2, 0.25) is 0 Å². The first-order chi connectivity index (χ1) is 7.07. The van der Waals surface area contributed by atoms with Crippen molar-refractivity contribution in [3.8, 4) is 0 Å². The minimum Gasteiger partial charge on any atom is -0.391 e. The molecule has 0 aliphatic rings. The van der Waals surface area contributed by atoms with E-state index in [1.807, 2.05) is 18.7 Å². The number of nitrogens with zero attached hydrogens (tertiary/aromatic N) is 1. The van der Waals surface area contributed by atoms with Gasteiger partial charge in [0.05, 0.1) is 17.8 Å². The second-order valence-corrected chi connectivity index (χ2v) is 3.72. The van der Waals surface area contributed by atoms with Crippen molar-refractivity contribution in [1.29, 1.82) is 0 Å². The summed E-state index contributed by atoms with van der Waals surface area (Å²) in [5, 5.41) is 9.51. The van der Waals surface area contributed by atoms with Crippen LogP contribution >= 0.6 is 0 Å². The summed E-state index contributed by atoms with van der Waals surface area (Å²) in [5.74, 6) is -0.244. The fourth-order valence-electron chi connectivity index (χ4n) is 1.62. The molecule has 84 valence electrons. The molecular formula is C12H18FNO. The Morgan fingerprint density at radius 2 is 1.93 bits per heavy atom. The molecule has 0 radical (unpaired) electrons. The predicted molar refractivity (Wildman–Crippen MR) is 60.6 cm³/mol. The summed E-state index contributed by atoms with van der Waals surface area (Å²) < 4.78 is 13.5. The van der Waals surface area contributed by atoms with E-state index in [0.717, 1.165) is 0 Å². The van der Waals surface area contributed by atoms with Gasteiger partial charge in [-0.1, -0.05) is 12.1 Å². The zero-order valence-electron chi connectivity index (χ0n) is 9.44. The highest BCUT2D eigenvalue weighted by Crippen LogP contribution is 2.21. The molecule has 2 atom stereocenters. The quantitative estimate of drug-likeness (QED) is 0.826. The van der Waals surface area contributed by atoms with Crippen LogP contribution in [0.4, 0.5) is 10.1 Å². The second kappa shape index (κ2) is 5.12. The molecule has 0 fully saturated rings. The van der Waals surface area contributed by atoms with Gasteiger partial charge in [0, 0.05) is 6.54 Å². The Kier molecular flexibility index (Phi) is 4.09. The molecule has 1 rings (SSSR count). The zero-order valence-corrected chi connectivity index (χ0v) is 9.44. The summed E-state index contributed by atoms with van der Waals surface area (Å²) in [6, 6.07) is 6.55. The first kappa shape index (κ1) is 12.0. The lowest BCUT2D eigenvalue weighted by atomic mass is 10.1. The molecule has 0 saturated heterocycles. The van der Waals surface area contributed by atoms with Gasteiger partial charge in [-0.25, -0.2) is 4.39 Å². The van der Waals surface area contributed by atoms with Gasteiger partial charge < -0.3 is 10.0 Å². The fourth-order valence-corrected chi connectivity index (χ4v) is 1.62. The van der Waals surface area contributed by atoms with Crippen LogP contribution in [0.3, 0.4) is 0 Å². The summed E-state index contributed by atoms with van der Waals surface area (Å²) in [6.07, 6.45) is -0.482. The molecule has 0 saturated carbocycles. The molecule has 0 aromatic heterocycles. The van der Waals surface area contributed by atoms with Gasteiger partial charge in [-0.05, 0) is 32.9 Å². The van der Waals surface area contributed by atoms with Gasteiger partial charge in [-0.3, -0.25) is 0 Å². The van der Waals surface area contributed by atoms with Crippen molar-refractivity contribution >= 4 is 5.69 Å². The van der Waals surface area contributed by atoms with Crippen LogP contribution < -0.4 is 4.90 Å². The van der Waals surface area contributed by atoms with Crippen molar-refractivity contribution in [1.82, 2.24) is 0 Å². The lowest BCUT2D eigenvalue weighted by Crippen LogP contribution is -2.40. The first-order valence-corrected chi connectivity index (χ1v) is 5.27. The van der Waals surface area contributed by atoms with Crippen LogP contribution in [0, 0.1) is 5.82 Å². The SMILES string of the molecule is CCN(c1ccccc1F)C(C)C(C)O. The van der Waals surface area contributed by atoms with Gasteiger partial charge in [0.1, 0.15) is 5.82 Å². The van der Waals surface area contributed by atoms with E-state index in [1.54, 1.807) is 25.1 Å². The van der Waals surface area contributed by atoms with E-state index >= 15 is 0 Å². The normalized spacial score (nSPS) is 14.7. The molecule has 0 amide bonds. The minimum atomic E-state index is -0.482. The van der Waals surface area contributed by atoms with Crippen LogP contribution in [0.5, 0.6) is 0 Å². The maximum Gasteiger partial charge on any atom is 0.146 e. The number of aliphatic hydroxyl groups is 1. The van der Waals surface area contributed by atoms with Gasteiger partial charge >= 0.3 is 0 Å². The summed E-state index contributed by atoms with van der Waals surface area (Å²) in [6.45, 7) is 6.23. The lowest BCUT2D eigenvalue weighted by molar-refractivity contribution is 0.166. The van der Waals surface area contributed by atoms with E-state index in [0.29, 0.717) is 12.2 Å². The number of rotatable bonds is 4. The van der Waals surface area contributed by atoms with Crippen LogP contribution in [0.15, 0.2) is 24.3 Å². The van der Waals surface area contributed by atoms with Crippen molar-refractivity contribution in [2.45, 2.75) is 32.9 Å².